The average Bonchev–Trinajstić information content (AvgIpc) is 3.37. The zero-order valence-corrected chi connectivity index (χ0v) is 18.7. The molecule has 0 unspecified atom stereocenters. The van der Waals surface area contributed by atoms with Crippen LogP contribution in [-0.4, -0.2) is 26.8 Å². The number of aromatic nitrogens is 3. The SMILES string of the molecule is Cc1cc(C(=O)NCc2nc(-c3cccc(NC(=O)c4ccoc4C)c3)oc2C)nc(C)n1. The van der Waals surface area contributed by atoms with Crippen LogP contribution < -0.4 is 10.6 Å². The Morgan fingerprint density at radius 3 is 2.48 bits per heavy atom. The Labute approximate surface area is 190 Å². The van der Waals surface area contributed by atoms with Gasteiger partial charge in [0.15, 0.2) is 0 Å². The van der Waals surface area contributed by atoms with Crippen LogP contribution in [0.4, 0.5) is 5.69 Å². The van der Waals surface area contributed by atoms with E-state index >= 15 is 0 Å². The molecule has 0 bridgehead atoms. The van der Waals surface area contributed by atoms with Crippen molar-refractivity contribution in [3.63, 3.8) is 0 Å². The lowest BCUT2D eigenvalue weighted by Gasteiger charge is -2.05. The van der Waals surface area contributed by atoms with Crippen molar-refractivity contribution < 1.29 is 18.4 Å². The lowest BCUT2D eigenvalue weighted by molar-refractivity contribution is 0.0944. The Bertz CT molecular complexity index is 1320. The van der Waals surface area contributed by atoms with Crippen molar-refractivity contribution in [2.75, 3.05) is 5.32 Å². The first-order valence-corrected chi connectivity index (χ1v) is 10.3. The summed E-state index contributed by atoms with van der Waals surface area (Å²) < 4.78 is 11.0. The normalized spacial score (nSPS) is 10.8. The highest BCUT2D eigenvalue weighted by atomic mass is 16.4. The number of aryl methyl sites for hydroxylation is 4. The molecule has 3 aromatic heterocycles. The van der Waals surface area contributed by atoms with Gasteiger partial charge in [-0.15, -0.1) is 0 Å². The highest BCUT2D eigenvalue weighted by molar-refractivity contribution is 6.05. The van der Waals surface area contributed by atoms with E-state index in [0.29, 0.717) is 51.4 Å². The molecule has 0 aliphatic carbocycles. The van der Waals surface area contributed by atoms with Gasteiger partial charge in [-0.1, -0.05) is 6.07 Å². The van der Waals surface area contributed by atoms with Crippen molar-refractivity contribution in [3.8, 4) is 11.5 Å². The summed E-state index contributed by atoms with van der Waals surface area (Å²) in [6.45, 7) is 7.25. The van der Waals surface area contributed by atoms with Gasteiger partial charge in [0, 0.05) is 16.9 Å². The van der Waals surface area contributed by atoms with E-state index in [0.717, 1.165) is 5.69 Å². The summed E-state index contributed by atoms with van der Waals surface area (Å²) in [5.41, 5.74) is 3.39. The van der Waals surface area contributed by atoms with Gasteiger partial charge in [-0.25, -0.2) is 15.0 Å². The molecule has 9 nitrogen and oxygen atoms in total. The van der Waals surface area contributed by atoms with Crippen molar-refractivity contribution in [2.24, 2.45) is 0 Å². The number of furan rings is 1. The predicted molar refractivity (Wildman–Crippen MR) is 121 cm³/mol. The summed E-state index contributed by atoms with van der Waals surface area (Å²) in [5.74, 6) is 1.48. The Morgan fingerprint density at radius 1 is 0.939 bits per heavy atom. The van der Waals surface area contributed by atoms with E-state index in [1.807, 2.05) is 13.0 Å². The second kappa shape index (κ2) is 9.07. The second-order valence-corrected chi connectivity index (χ2v) is 7.57. The summed E-state index contributed by atoms with van der Waals surface area (Å²) in [5, 5.41) is 5.66. The predicted octanol–water partition coefficient (Wildman–Crippen LogP) is 4.14. The quantitative estimate of drug-likeness (QED) is 0.457. The maximum absolute atomic E-state index is 12.5. The number of anilines is 1. The van der Waals surface area contributed by atoms with Gasteiger partial charge >= 0.3 is 0 Å². The summed E-state index contributed by atoms with van der Waals surface area (Å²) in [4.78, 5) is 37.8. The first-order valence-electron chi connectivity index (χ1n) is 10.3. The van der Waals surface area contributed by atoms with E-state index in [4.69, 9.17) is 8.83 Å². The first-order chi connectivity index (χ1) is 15.8. The topological polar surface area (TPSA) is 123 Å². The molecule has 0 fully saturated rings. The van der Waals surface area contributed by atoms with E-state index in [1.165, 1.54) is 6.26 Å². The van der Waals surface area contributed by atoms with E-state index in [9.17, 15) is 9.59 Å². The smallest absolute Gasteiger partial charge is 0.270 e. The molecule has 4 rings (SSSR count). The summed E-state index contributed by atoms with van der Waals surface area (Å²) >= 11 is 0. The molecular formula is C24H23N5O4. The van der Waals surface area contributed by atoms with Crippen molar-refractivity contribution in [2.45, 2.75) is 34.2 Å². The van der Waals surface area contributed by atoms with Crippen LogP contribution in [0.5, 0.6) is 0 Å². The van der Waals surface area contributed by atoms with Crippen LogP contribution in [0.3, 0.4) is 0 Å². The van der Waals surface area contributed by atoms with E-state index in [2.05, 4.69) is 25.6 Å². The third-order valence-corrected chi connectivity index (χ3v) is 4.98. The number of carbonyl (C=O) groups excluding carboxylic acids is 2. The Balaban J connectivity index is 1.46. The van der Waals surface area contributed by atoms with Gasteiger partial charge in [-0.2, -0.15) is 0 Å². The highest BCUT2D eigenvalue weighted by Crippen LogP contribution is 2.25. The molecule has 0 aliphatic rings. The maximum Gasteiger partial charge on any atom is 0.270 e. The van der Waals surface area contributed by atoms with E-state index in [-0.39, 0.29) is 18.4 Å². The summed E-state index contributed by atoms with van der Waals surface area (Å²) in [7, 11) is 0. The van der Waals surface area contributed by atoms with Crippen LogP contribution in [-0.2, 0) is 6.54 Å². The van der Waals surface area contributed by atoms with Gasteiger partial charge in [0.1, 0.15) is 28.7 Å². The molecule has 0 aliphatic heterocycles. The number of nitrogens with zero attached hydrogens (tertiary/aromatic N) is 3. The van der Waals surface area contributed by atoms with Crippen LogP contribution in [0.15, 0.2) is 51.5 Å². The van der Waals surface area contributed by atoms with Crippen LogP contribution in [0.25, 0.3) is 11.5 Å². The van der Waals surface area contributed by atoms with Gasteiger partial charge in [0.2, 0.25) is 5.89 Å². The van der Waals surface area contributed by atoms with E-state index < -0.39 is 0 Å². The highest BCUT2D eigenvalue weighted by Gasteiger charge is 2.16. The number of oxazole rings is 1. The Morgan fingerprint density at radius 2 is 1.76 bits per heavy atom. The minimum atomic E-state index is -0.313. The van der Waals surface area contributed by atoms with Gasteiger partial charge in [0.05, 0.1) is 18.4 Å². The molecule has 0 atom stereocenters. The molecule has 2 N–H and O–H groups in total. The minimum Gasteiger partial charge on any atom is -0.469 e. The molecule has 33 heavy (non-hydrogen) atoms. The van der Waals surface area contributed by atoms with Crippen LogP contribution in [0, 0.1) is 27.7 Å². The van der Waals surface area contributed by atoms with Crippen LogP contribution in [0.1, 0.15) is 49.6 Å². The number of rotatable bonds is 6. The molecule has 0 radical (unpaired) electrons. The monoisotopic (exact) mass is 445 g/mol. The van der Waals surface area contributed by atoms with Gasteiger partial charge in [-0.05, 0) is 58.0 Å². The number of hydrogen-bond donors (Lipinski definition) is 2. The first kappa shape index (κ1) is 21.9. The summed E-state index contributed by atoms with van der Waals surface area (Å²) in [6.07, 6.45) is 1.48. The molecule has 0 saturated heterocycles. The largest absolute Gasteiger partial charge is 0.469 e. The number of hydrogen-bond acceptors (Lipinski definition) is 7. The average molecular weight is 445 g/mol. The van der Waals surface area contributed by atoms with E-state index in [1.54, 1.807) is 51.1 Å². The van der Waals surface area contributed by atoms with Crippen molar-refractivity contribution in [1.29, 1.82) is 0 Å². The molecule has 0 saturated carbocycles. The Hall–Kier alpha value is -4.27. The summed E-state index contributed by atoms with van der Waals surface area (Å²) in [6, 6.07) is 10.4. The molecule has 3 heterocycles. The third-order valence-electron chi connectivity index (χ3n) is 4.98. The molecule has 9 heteroatoms. The number of benzene rings is 1. The number of carbonyl (C=O) groups is 2. The molecule has 4 aromatic rings. The lowest BCUT2D eigenvalue weighted by Crippen LogP contribution is -2.25. The fraction of sp³-hybridized carbons (Fsp3) is 0.208. The van der Waals surface area contributed by atoms with Crippen molar-refractivity contribution >= 4 is 17.5 Å². The number of amides is 2. The van der Waals surface area contributed by atoms with Crippen LogP contribution in [0.2, 0.25) is 0 Å². The Kier molecular flexibility index (Phi) is 6.03. The van der Waals surface area contributed by atoms with Crippen molar-refractivity contribution in [1.82, 2.24) is 20.3 Å². The fourth-order valence-electron chi connectivity index (χ4n) is 3.35. The third kappa shape index (κ3) is 4.98. The molecule has 2 amide bonds. The molecule has 168 valence electrons. The minimum absolute atomic E-state index is 0.187. The van der Waals surface area contributed by atoms with Crippen LogP contribution >= 0.6 is 0 Å². The standard InChI is InChI=1S/C24H23N5O4/c1-13-10-20(27-16(4)26-13)23(31)25-12-21-15(3)33-24(29-21)17-6-5-7-18(11-17)28-22(30)19-8-9-32-14(19)2/h5-11H,12H2,1-4H3,(H,25,31)(H,28,30). The number of nitrogens with one attached hydrogen (secondary N) is 2. The zero-order chi connectivity index (χ0) is 23.5. The van der Waals surface area contributed by atoms with Gasteiger partial charge in [0.25, 0.3) is 11.8 Å². The molecule has 1 aromatic carbocycles. The maximum atomic E-state index is 12.5. The van der Waals surface area contributed by atoms with Gasteiger partial charge < -0.3 is 19.5 Å². The second-order valence-electron chi connectivity index (χ2n) is 7.57. The lowest BCUT2D eigenvalue weighted by atomic mass is 10.2. The zero-order valence-electron chi connectivity index (χ0n) is 18.7. The van der Waals surface area contributed by atoms with Gasteiger partial charge in [-0.3, -0.25) is 9.59 Å². The molecule has 0 spiro atoms. The molecular weight excluding hydrogens is 422 g/mol. The van der Waals surface area contributed by atoms with Crippen molar-refractivity contribution in [3.05, 3.63) is 82.7 Å². The fourth-order valence-corrected chi connectivity index (χ4v) is 3.35.